The van der Waals surface area contributed by atoms with E-state index in [2.05, 4.69) is 39.6 Å². The monoisotopic (exact) mass is 292 g/mol. The molecular formula is C15H21ClN4. The molecule has 4 nitrogen and oxygen atoms in total. The Hall–Kier alpha value is -1.36. The van der Waals surface area contributed by atoms with Gasteiger partial charge in [0, 0.05) is 32.0 Å². The third-order valence-electron chi connectivity index (χ3n) is 3.54. The summed E-state index contributed by atoms with van der Waals surface area (Å²) in [5, 5.41) is 7.68. The summed E-state index contributed by atoms with van der Waals surface area (Å²) in [5.41, 5.74) is 2.49. The molecule has 3 rings (SSSR count). The van der Waals surface area contributed by atoms with E-state index in [1.54, 1.807) is 6.20 Å². The maximum atomic E-state index is 4.24. The molecule has 1 aromatic carbocycles. The second kappa shape index (κ2) is 7.43. The normalized spacial score (nSPS) is 16.4. The van der Waals surface area contributed by atoms with Gasteiger partial charge in [-0.2, -0.15) is 5.10 Å². The average molecular weight is 293 g/mol. The van der Waals surface area contributed by atoms with Gasteiger partial charge in [-0.05, 0) is 43.3 Å². The van der Waals surface area contributed by atoms with Gasteiger partial charge in [0.1, 0.15) is 0 Å². The van der Waals surface area contributed by atoms with Gasteiger partial charge in [-0.15, -0.1) is 12.4 Å². The van der Waals surface area contributed by atoms with Crippen molar-refractivity contribution >= 4 is 12.4 Å². The van der Waals surface area contributed by atoms with Crippen LogP contribution in [0.1, 0.15) is 12.0 Å². The molecule has 1 aliphatic rings. The first-order valence-corrected chi connectivity index (χ1v) is 6.94. The SMILES string of the molecule is Cl.c1cnn(-c2ccc(CN3CCCNCC3)cc2)c1. The van der Waals surface area contributed by atoms with Crippen LogP contribution < -0.4 is 5.32 Å². The third-order valence-corrected chi connectivity index (χ3v) is 3.54. The van der Waals surface area contributed by atoms with Gasteiger partial charge in [0.25, 0.3) is 0 Å². The van der Waals surface area contributed by atoms with Gasteiger partial charge in [-0.25, -0.2) is 4.68 Å². The second-order valence-electron chi connectivity index (χ2n) is 5.00. The van der Waals surface area contributed by atoms with Crippen molar-refractivity contribution in [2.45, 2.75) is 13.0 Å². The van der Waals surface area contributed by atoms with Crippen LogP contribution in [0.3, 0.4) is 0 Å². The maximum absolute atomic E-state index is 4.24. The van der Waals surface area contributed by atoms with Gasteiger partial charge >= 0.3 is 0 Å². The molecule has 0 amide bonds. The average Bonchev–Trinajstić information content (AvgIpc) is 2.86. The van der Waals surface area contributed by atoms with Crippen LogP contribution in [-0.2, 0) is 6.54 Å². The first kappa shape index (κ1) is 15.0. The predicted octanol–water partition coefficient (Wildman–Crippen LogP) is 2.09. The number of hydrogen-bond donors (Lipinski definition) is 1. The number of nitrogens with zero attached hydrogens (tertiary/aromatic N) is 3. The Kier molecular flexibility index (Phi) is 5.59. The highest BCUT2D eigenvalue weighted by atomic mass is 35.5. The van der Waals surface area contributed by atoms with Crippen LogP contribution in [0.5, 0.6) is 0 Å². The van der Waals surface area contributed by atoms with E-state index in [0.717, 1.165) is 31.9 Å². The molecule has 0 atom stereocenters. The van der Waals surface area contributed by atoms with Crippen LogP contribution in [0, 0.1) is 0 Å². The molecule has 0 aliphatic carbocycles. The molecule has 108 valence electrons. The van der Waals surface area contributed by atoms with E-state index < -0.39 is 0 Å². The number of rotatable bonds is 3. The molecule has 0 saturated carbocycles. The largest absolute Gasteiger partial charge is 0.315 e. The molecular weight excluding hydrogens is 272 g/mol. The van der Waals surface area contributed by atoms with E-state index in [9.17, 15) is 0 Å². The van der Waals surface area contributed by atoms with Crippen molar-refractivity contribution in [3.63, 3.8) is 0 Å². The van der Waals surface area contributed by atoms with Crippen molar-refractivity contribution in [3.8, 4) is 5.69 Å². The molecule has 0 spiro atoms. The van der Waals surface area contributed by atoms with Crippen molar-refractivity contribution in [1.29, 1.82) is 0 Å². The van der Waals surface area contributed by atoms with Crippen molar-refractivity contribution in [3.05, 3.63) is 48.3 Å². The summed E-state index contributed by atoms with van der Waals surface area (Å²) < 4.78 is 1.89. The molecule has 1 N–H and O–H groups in total. The van der Waals surface area contributed by atoms with E-state index in [1.807, 2.05) is 16.9 Å². The Morgan fingerprint density at radius 1 is 1.10 bits per heavy atom. The highest BCUT2D eigenvalue weighted by molar-refractivity contribution is 5.85. The standard InChI is InChI=1S/C15H20N4.ClH/c1-7-16-9-12-18(10-1)13-14-3-5-15(6-4-14)19-11-2-8-17-19;/h2-6,8,11,16H,1,7,9-10,12-13H2;1H. The Morgan fingerprint density at radius 2 is 1.95 bits per heavy atom. The van der Waals surface area contributed by atoms with Crippen LogP contribution in [0.15, 0.2) is 42.7 Å². The third kappa shape index (κ3) is 3.82. The highest BCUT2D eigenvalue weighted by Gasteiger charge is 2.08. The number of benzene rings is 1. The number of nitrogens with one attached hydrogen (secondary N) is 1. The lowest BCUT2D eigenvalue weighted by Gasteiger charge is -2.19. The van der Waals surface area contributed by atoms with Crippen molar-refractivity contribution in [1.82, 2.24) is 20.0 Å². The summed E-state index contributed by atoms with van der Waals surface area (Å²) in [6.07, 6.45) is 5.01. The fourth-order valence-electron chi connectivity index (χ4n) is 2.49. The molecule has 1 fully saturated rings. The van der Waals surface area contributed by atoms with Crippen molar-refractivity contribution in [2.24, 2.45) is 0 Å². The number of hydrogen-bond acceptors (Lipinski definition) is 3. The summed E-state index contributed by atoms with van der Waals surface area (Å²) in [7, 11) is 0. The Bertz CT molecular complexity index is 487. The second-order valence-corrected chi connectivity index (χ2v) is 5.00. The van der Waals surface area contributed by atoms with Gasteiger partial charge in [-0.1, -0.05) is 12.1 Å². The fraction of sp³-hybridized carbons (Fsp3) is 0.400. The lowest BCUT2D eigenvalue weighted by atomic mass is 10.2. The van der Waals surface area contributed by atoms with Gasteiger partial charge in [-0.3, -0.25) is 4.90 Å². The van der Waals surface area contributed by atoms with Gasteiger partial charge in [0.2, 0.25) is 0 Å². The molecule has 5 heteroatoms. The van der Waals surface area contributed by atoms with Crippen molar-refractivity contribution in [2.75, 3.05) is 26.2 Å². The van der Waals surface area contributed by atoms with E-state index >= 15 is 0 Å². The minimum Gasteiger partial charge on any atom is -0.315 e. The number of halogens is 1. The maximum Gasteiger partial charge on any atom is 0.0645 e. The summed E-state index contributed by atoms with van der Waals surface area (Å²) >= 11 is 0. The van der Waals surface area contributed by atoms with Crippen LogP contribution >= 0.6 is 12.4 Å². The molecule has 0 radical (unpaired) electrons. The van der Waals surface area contributed by atoms with Crippen LogP contribution in [0.2, 0.25) is 0 Å². The molecule has 0 bridgehead atoms. The Labute approximate surface area is 126 Å². The van der Waals surface area contributed by atoms with Crippen molar-refractivity contribution < 1.29 is 0 Å². The predicted molar refractivity (Wildman–Crippen MR) is 83.6 cm³/mol. The van der Waals surface area contributed by atoms with E-state index in [1.165, 1.54) is 18.5 Å². The molecule has 1 aliphatic heterocycles. The minimum absolute atomic E-state index is 0. The smallest absolute Gasteiger partial charge is 0.0645 e. The lowest BCUT2D eigenvalue weighted by molar-refractivity contribution is 0.284. The molecule has 1 saturated heterocycles. The van der Waals surface area contributed by atoms with E-state index in [4.69, 9.17) is 0 Å². The zero-order chi connectivity index (χ0) is 12.9. The molecule has 1 aromatic heterocycles. The summed E-state index contributed by atoms with van der Waals surface area (Å²) in [4.78, 5) is 2.52. The quantitative estimate of drug-likeness (QED) is 0.940. The van der Waals surface area contributed by atoms with Gasteiger partial charge in [0.15, 0.2) is 0 Å². The molecule has 20 heavy (non-hydrogen) atoms. The molecule has 2 aromatic rings. The molecule has 0 unspecified atom stereocenters. The first-order valence-electron chi connectivity index (χ1n) is 6.94. The fourth-order valence-corrected chi connectivity index (χ4v) is 2.49. The van der Waals surface area contributed by atoms with Gasteiger partial charge in [0.05, 0.1) is 5.69 Å². The Morgan fingerprint density at radius 3 is 2.70 bits per heavy atom. The van der Waals surface area contributed by atoms with E-state index in [0.29, 0.717) is 0 Å². The molecule has 2 heterocycles. The van der Waals surface area contributed by atoms with Crippen LogP contribution in [0.4, 0.5) is 0 Å². The van der Waals surface area contributed by atoms with Crippen LogP contribution in [-0.4, -0.2) is 40.9 Å². The van der Waals surface area contributed by atoms with Gasteiger partial charge < -0.3 is 5.32 Å². The highest BCUT2D eigenvalue weighted by Crippen LogP contribution is 2.11. The lowest BCUT2D eigenvalue weighted by Crippen LogP contribution is -2.27. The Balaban J connectivity index is 0.00000147. The topological polar surface area (TPSA) is 33.1 Å². The number of aromatic nitrogens is 2. The summed E-state index contributed by atoms with van der Waals surface area (Å²) in [5.74, 6) is 0. The zero-order valence-electron chi connectivity index (χ0n) is 11.5. The van der Waals surface area contributed by atoms with E-state index in [-0.39, 0.29) is 12.4 Å². The summed E-state index contributed by atoms with van der Waals surface area (Å²) in [6.45, 7) is 5.62. The minimum atomic E-state index is 0. The first-order chi connectivity index (χ1) is 9.42. The zero-order valence-corrected chi connectivity index (χ0v) is 12.4. The van der Waals surface area contributed by atoms with Crippen LogP contribution in [0.25, 0.3) is 5.69 Å². The summed E-state index contributed by atoms with van der Waals surface area (Å²) in [6, 6.07) is 10.6.